The van der Waals surface area contributed by atoms with E-state index in [1.54, 1.807) is 21.9 Å². The van der Waals surface area contributed by atoms with Crippen molar-refractivity contribution in [2.75, 3.05) is 23.7 Å². The molecule has 0 spiro atoms. The number of nitrogens with zero attached hydrogens (tertiary/aromatic N) is 2. The van der Waals surface area contributed by atoms with Crippen molar-refractivity contribution in [2.24, 2.45) is 11.7 Å². The Morgan fingerprint density at radius 1 is 0.861 bits per heavy atom. The maximum atomic E-state index is 13.0. The van der Waals surface area contributed by atoms with E-state index < -0.39 is 17.3 Å². The highest BCUT2D eigenvalue weighted by molar-refractivity contribution is 5.88. The molecule has 8 heteroatoms. The van der Waals surface area contributed by atoms with Gasteiger partial charge in [-0.2, -0.15) is 0 Å². The second-order valence-corrected chi connectivity index (χ2v) is 11.3. The first-order valence-corrected chi connectivity index (χ1v) is 12.7. The number of carbonyl (C=O) groups is 2. The second-order valence-electron chi connectivity index (χ2n) is 11.3. The summed E-state index contributed by atoms with van der Waals surface area (Å²) >= 11 is 0. The number of hydrogen-bond acceptors (Lipinski definition) is 6. The molecule has 1 aromatic rings. The van der Waals surface area contributed by atoms with Gasteiger partial charge in [0.15, 0.2) is 0 Å². The minimum absolute atomic E-state index is 0.0681. The zero-order valence-corrected chi connectivity index (χ0v) is 22.9. The number of rotatable bonds is 8. The molecular weight excluding hydrogens is 456 g/mol. The molecule has 0 heterocycles. The number of benzene rings is 1. The molecule has 0 aliphatic heterocycles. The van der Waals surface area contributed by atoms with E-state index in [0.717, 1.165) is 30.6 Å². The van der Waals surface area contributed by atoms with Crippen LogP contribution in [0.5, 0.6) is 0 Å². The Balaban J connectivity index is 2.03. The van der Waals surface area contributed by atoms with Crippen molar-refractivity contribution in [3.8, 4) is 0 Å². The predicted octanol–water partition coefficient (Wildman–Crippen LogP) is 5.83. The molecule has 2 atom stereocenters. The lowest BCUT2D eigenvalue weighted by molar-refractivity contribution is 0.0315. The summed E-state index contributed by atoms with van der Waals surface area (Å²) in [5.74, 6) is 0.122. The van der Waals surface area contributed by atoms with Crippen LogP contribution >= 0.6 is 0 Å². The van der Waals surface area contributed by atoms with Gasteiger partial charge in [-0.15, -0.1) is 0 Å². The van der Waals surface area contributed by atoms with Gasteiger partial charge < -0.3 is 20.9 Å². The summed E-state index contributed by atoms with van der Waals surface area (Å²) in [6.07, 6.45) is 7.34. The second kappa shape index (κ2) is 12.3. The van der Waals surface area contributed by atoms with E-state index in [-0.39, 0.29) is 18.1 Å². The van der Waals surface area contributed by atoms with Crippen LogP contribution in [0, 0.1) is 5.92 Å². The van der Waals surface area contributed by atoms with Crippen molar-refractivity contribution < 1.29 is 19.1 Å². The van der Waals surface area contributed by atoms with Crippen molar-refractivity contribution in [1.82, 2.24) is 4.90 Å². The minimum Gasteiger partial charge on any atom is -0.443 e. The third-order valence-electron chi connectivity index (χ3n) is 5.54. The van der Waals surface area contributed by atoms with Gasteiger partial charge in [0.25, 0.3) is 0 Å². The fraction of sp³-hybridized carbons (Fsp3) is 0.571. The van der Waals surface area contributed by atoms with E-state index in [4.69, 9.17) is 20.9 Å². The summed E-state index contributed by atoms with van der Waals surface area (Å²) in [6.45, 7) is 14.1. The zero-order chi connectivity index (χ0) is 27.1. The molecule has 0 saturated carbocycles. The Bertz CT molecular complexity index is 942. The van der Waals surface area contributed by atoms with E-state index in [1.165, 1.54) is 0 Å². The standard InChI is InChI=1S/C28H44N4O4/c1-20-19-23(15-16-24(20)30)32(26(34)36-28(5,6)7)18-10-8-9-17-31(25(33)35-27(2,3)4)22-13-11-21(29)12-14-22/h11-16,19-20,24H,8-10,17-18,29-30H2,1-7H3. The van der Waals surface area contributed by atoms with Gasteiger partial charge in [-0.25, -0.2) is 9.59 Å². The summed E-state index contributed by atoms with van der Waals surface area (Å²) in [4.78, 5) is 29.2. The third kappa shape index (κ3) is 9.57. The predicted molar refractivity (Wildman–Crippen MR) is 146 cm³/mol. The van der Waals surface area contributed by atoms with Crippen LogP contribution in [-0.2, 0) is 9.47 Å². The number of anilines is 2. The molecule has 4 N–H and O–H groups in total. The molecule has 0 aromatic heterocycles. The van der Waals surface area contributed by atoms with Gasteiger partial charge in [0.2, 0.25) is 0 Å². The highest BCUT2D eigenvalue weighted by atomic mass is 16.6. The number of amides is 2. The molecule has 200 valence electrons. The van der Waals surface area contributed by atoms with Crippen LogP contribution in [0.2, 0.25) is 0 Å². The molecule has 2 unspecified atom stereocenters. The van der Waals surface area contributed by atoms with Crippen LogP contribution in [0.4, 0.5) is 21.0 Å². The SMILES string of the molecule is CC1C=C(N(CCCCCN(C(=O)OC(C)(C)C)c2ccc(N)cc2)C(=O)OC(C)(C)C)C=CC1N. The van der Waals surface area contributed by atoms with Crippen LogP contribution in [-0.4, -0.2) is 47.4 Å². The van der Waals surface area contributed by atoms with Crippen molar-refractivity contribution >= 4 is 23.6 Å². The van der Waals surface area contributed by atoms with Crippen molar-refractivity contribution in [3.05, 3.63) is 48.2 Å². The molecule has 0 bridgehead atoms. The van der Waals surface area contributed by atoms with Crippen molar-refractivity contribution in [3.63, 3.8) is 0 Å². The number of hydrogen-bond donors (Lipinski definition) is 2. The van der Waals surface area contributed by atoms with Gasteiger partial charge in [-0.3, -0.25) is 9.80 Å². The average molecular weight is 501 g/mol. The van der Waals surface area contributed by atoms with Gasteiger partial charge in [0.05, 0.1) is 0 Å². The van der Waals surface area contributed by atoms with E-state index in [1.807, 2.05) is 78.8 Å². The number of ether oxygens (including phenoxy) is 2. The summed E-state index contributed by atoms with van der Waals surface area (Å²) in [5, 5.41) is 0. The average Bonchev–Trinajstić information content (AvgIpc) is 2.73. The monoisotopic (exact) mass is 500 g/mol. The molecule has 0 radical (unpaired) electrons. The van der Waals surface area contributed by atoms with Crippen LogP contribution in [0.25, 0.3) is 0 Å². The molecule has 0 saturated heterocycles. The van der Waals surface area contributed by atoms with E-state index >= 15 is 0 Å². The summed E-state index contributed by atoms with van der Waals surface area (Å²) in [7, 11) is 0. The van der Waals surface area contributed by atoms with Gasteiger partial charge in [0, 0.05) is 36.2 Å². The van der Waals surface area contributed by atoms with Gasteiger partial charge in [0.1, 0.15) is 11.2 Å². The number of allylic oxidation sites excluding steroid dienone is 1. The Labute approximate surface area is 216 Å². The van der Waals surface area contributed by atoms with Crippen molar-refractivity contribution in [2.45, 2.75) is 85.0 Å². The molecule has 1 aromatic carbocycles. The maximum Gasteiger partial charge on any atom is 0.414 e. The highest BCUT2D eigenvalue weighted by Gasteiger charge is 2.27. The Kier molecular flexibility index (Phi) is 9.99. The van der Waals surface area contributed by atoms with Crippen molar-refractivity contribution in [1.29, 1.82) is 0 Å². The Morgan fingerprint density at radius 2 is 1.36 bits per heavy atom. The molecule has 2 amide bonds. The smallest absolute Gasteiger partial charge is 0.414 e. The van der Waals surface area contributed by atoms with E-state index in [9.17, 15) is 9.59 Å². The van der Waals surface area contributed by atoms with Crippen LogP contribution in [0.3, 0.4) is 0 Å². The van der Waals surface area contributed by atoms with Crippen LogP contribution in [0.15, 0.2) is 48.2 Å². The summed E-state index contributed by atoms with van der Waals surface area (Å²) < 4.78 is 11.3. The fourth-order valence-electron chi connectivity index (χ4n) is 3.66. The summed E-state index contributed by atoms with van der Waals surface area (Å²) in [6, 6.07) is 7.10. The molecule has 0 fully saturated rings. The fourth-order valence-corrected chi connectivity index (χ4v) is 3.66. The lowest BCUT2D eigenvalue weighted by Gasteiger charge is -2.31. The molecule has 36 heavy (non-hydrogen) atoms. The third-order valence-corrected chi connectivity index (χ3v) is 5.54. The normalized spacial score (nSPS) is 17.8. The zero-order valence-electron chi connectivity index (χ0n) is 22.9. The summed E-state index contributed by atoms with van der Waals surface area (Å²) in [5.41, 5.74) is 12.9. The number of nitrogens with two attached hydrogens (primary N) is 2. The molecule has 2 rings (SSSR count). The Hall–Kier alpha value is -3.00. The maximum absolute atomic E-state index is 13.0. The largest absolute Gasteiger partial charge is 0.443 e. The van der Waals surface area contributed by atoms with E-state index in [0.29, 0.717) is 18.8 Å². The molecule has 1 aliphatic rings. The Morgan fingerprint density at radius 3 is 1.86 bits per heavy atom. The van der Waals surface area contributed by atoms with E-state index in [2.05, 4.69) is 0 Å². The minimum atomic E-state index is -0.599. The number of carbonyl (C=O) groups excluding carboxylic acids is 2. The quantitative estimate of drug-likeness (QED) is 0.343. The van der Waals surface area contributed by atoms with Gasteiger partial charge >= 0.3 is 12.2 Å². The lowest BCUT2D eigenvalue weighted by atomic mass is 9.96. The highest BCUT2D eigenvalue weighted by Crippen LogP contribution is 2.23. The lowest BCUT2D eigenvalue weighted by Crippen LogP contribution is -2.38. The molecular formula is C28H44N4O4. The van der Waals surface area contributed by atoms with Crippen LogP contribution < -0.4 is 16.4 Å². The topological polar surface area (TPSA) is 111 Å². The molecule has 1 aliphatic carbocycles. The number of nitrogen functional groups attached to an aromatic ring is 1. The molecule has 8 nitrogen and oxygen atoms in total. The first-order chi connectivity index (χ1) is 16.7. The van der Waals surface area contributed by atoms with Crippen LogP contribution in [0.1, 0.15) is 67.7 Å². The first kappa shape index (κ1) is 29.2. The first-order valence-electron chi connectivity index (χ1n) is 12.7. The number of unbranched alkanes of at least 4 members (excludes halogenated alkanes) is 2. The van der Waals surface area contributed by atoms with Gasteiger partial charge in [-0.1, -0.05) is 19.1 Å². The van der Waals surface area contributed by atoms with Gasteiger partial charge in [-0.05, 0) is 97.1 Å².